The molecule has 2 N–H and O–H groups in total. The first-order chi connectivity index (χ1) is 7.52. The number of aliphatic hydroxyl groups is 2. The van der Waals surface area contributed by atoms with E-state index < -0.39 is 29.4 Å². The molecular formula is C10H9F2NO3. The largest absolute Gasteiger partial charge is 0.494 e. The lowest BCUT2D eigenvalue weighted by molar-refractivity contribution is 0.0473. The number of benzene rings is 1. The molecule has 1 aromatic carbocycles. The molecule has 1 rings (SSSR count). The van der Waals surface area contributed by atoms with Crippen LogP contribution in [0.5, 0.6) is 5.75 Å². The first-order valence-electron chi connectivity index (χ1n) is 4.30. The van der Waals surface area contributed by atoms with E-state index >= 15 is 0 Å². The van der Waals surface area contributed by atoms with Gasteiger partial charge < -0.3 is 14.9 Å². The molecular weight excluding hydrogens is 220 g/mol. The molecule has 0 aromatic heterocycles. The predicted molar refractivity (Wildman–Crippen MR) is 49.5 cm³/mol. The van der Waals surface area contributed by atoms with Crippen molar-refractivity contribution in [1.82, 2.24) is 0 Å². The first-order valence-corrected chi connectivity index (χ1v) is 4.30. The average molecular weight is 229 g/mol. The minimum absolute atomic E-state index is 0.277. The molecule has 0 radical (unpaired) electrons. The summed E-state index contributed by atoms with van der Waals surface area (Å²) in [6, 6.07) is 3.21. The molecule has 0 saturated heterocycles. The fraction of sp³-hybridized carbons (Fsp3) is 0.300. The third kappa shape index (κ3) is 2.10. The van der Waals surface area contributed by atoms with Gasteiger partial charge in [-0.15, -0.1) is 0 Å². The highest BCUT2D eigenvalue weighted by molar-refractivity contribution is 5.34. The van der Waals surface area contributed by atoms with Crippen LogP contribution in [-0.4, -0.2) is 23.4 Å². The molecule has 4 nitrogen and oxygen atoms in total. The SMILES string of the molecule is COc1ccc(F)c(C(O)C(O)C#N)c1F. The normalized spacial score (nSPS) is 14.0. The molecule has 0 aliphatic heterocycles. The predicted octanol–water partition coefficient (Wildman–Crippen LogP) is 0.891. The third-order valence-corrected chi connectivity index (χ3v) is 2.04. The lowest BCUT2D eigenvalue weighted by atomic mass is 10.0. The van der Waals surface area contributed by atoms with Gasteiger partial charge >= 0.3 is 0 Å². The highest BCUT2D eigenvalue weighted by atomic mass is 19.1. The number of rotatable bonds is 3. The molecule has 0 heterocycles. The van der Waals surface area contributed by atoms with E-state index in [1.54, 1.807) is 0 Å². The van der Waals surface area contributed by atoms with Crippen molar-refractivity contribution in [2.45, 2.75) is 12.2 Å². The quantitative estimate of drug-likeness (QED) is 0.755. The molecule has 0 spiro atoms. The Morgan fingerprint density at radius 3 is 2.50 bits per heavy atom. The van der Waals surface area contributed by atoms with E-state index in [4.69, 9.17) is 10.4 Å². The summed E-state index contributed by atoms with van der Waals surface area (Å²) in [5.74, 6) is -2.47. The van der Waals surface area contributed by atoms with Gasteiger partial charge in [-0.25, -0.2) is 8.78 Å². The summed E-state index contributed by atoms with van der Waals surface area (Å²) < 4.78 is 31.4. The van der Waals surface area contributed by atoms with Gasteiger partial charge in [0.25, 0.3) is 0 Å². The summed E-state index contributed by atoms with van der Waals surface area (Å²) in [7, 11) is 1.17. The van der Waals surface area contributed by atoms with Crippen LogP contribution in [0.1, 0.15) is 11.7 Å². The van der Waals surface area contributed by atoms with Crippen LogP contribution in [0.4, 0.5) is 8.78 Å². The second kappa shape index (κ2) is 4.88. The van der Waals surface area contributed by atoms with Gasteiger partial charge in [-0.05, 0) is 12.1 Å². The van der Waals surface area contributed by atoms with Gasteiger partial charge in [0.15, 0.2) is 17.7 Å². The first kappa shape index (κ1) is 12.4. The minimum atomic E-state index is -1.96. The Kier molecular flexibility index (Phi) is 3.77. The minimum Gasteiger partial charge on any atom is -0.494 e. The van der Waals surface area contributed by atoms with E-state index in [1.165, 1.54) is 13.2 Å². The highest BCUT2D eigenvalue weighted by Gasteiger charge is 2.26. The van der Waals surface area contributed by atoms with Crippen LogP contribution in [0.3, 0.4) is 0 Å². The Morgan fingerprint density at radius 1 is 1.38 bits per heavy atom. The lowest BCUT2D eigenvalue weighted by Gasteiger charge is -2.15. The van der Waals surface area contributed by atoms with Gasteiger partial charge in [0.1, 0.15) is 11.9 Å². The van der Waals surface area contributed by atoms with Crippen LogP contribution < -0.4 is 4.74 Å². The van der Waals surface area contributed by atoms with Gasteiger partial charge in [-0.1, -0.05) is 0 Å². The maximum absolute atomic E-state index is 13.5. The Hall–Kier alpha value is -1.71. The van der Waals surface area contributed by atoms with E-state index in [-0.39, 0.29) is 5.75 Å². The number of aliphatic hydroxyl groups excluding tert-OH is 2. The third-order valence-electron chi connectivity index (χ3n) is 2.04. The van der Waals surface area contributed by atoms with E-state index in [2.05, 4.69) is 4.74 Å². The molecule has 0 saturated carbocycles. The number of ether oxygens (including phenoxy) is 1. The molecule has 0 bridgehead atoms. The van der Waals surface area contributed by atoms with E-state index in [1.807, 2.05) is 0 Å². The molecule has 16 heavy (non-hydrogen) atoms. The summed E-state index contributed by atoms with van der Waals surface area (Å²) in [4.78, 5) is 0. The molecule has 6 heteroatoms. The Bertz CT molecular complexity index is 431. The average Bonchev–Trinajstić information content (AvgIpc) is 2.28. The van der Waals surface area contributed by atoms with Crippen molar-refractivity contribution >= 4 is 0 Å². The molecule has 0 fully saturated rings. The molecule has 1 aromatic rings. The number of hydrogen-bond acceptors (Lipinski definition) is 4. The van der Waals surface area contributed by atoms with E-state index in [0.29, 0.717) is 0 Å². The number of hydrogen-bond donors (Lipinski definition) is 2. The molecule has 0 amide bonds. The van der Waals surface area contributed by atoms with Crippen molar-refractivity contribution in [3.8, 4) is 11.8 Å². The maximum Gasteiger partial charge on any atom is 0.173 e. The van der Waals surface area contributed by atoms with Gasteiger partial charge in [-0.3, -0.25) is 0 Å². The zero-order valence-electron chi connectivity index (χ0n) is 8.32. The van der Waals surface area contributed by atoms with Crippen LogP contribution in [0.2, 0.25) is 0 Å². The Morgan fingerprint density at radius 2 is 2.00 bits per heavy atom. The topological polar surface area (TPSA) is 73.5 Å². The Balaban J connectivity index is 3.27. The van der Waals surface area contributed by atoms with Crippen molar-refractivity contribution in [2.24, 2.45) is 0 Å². The summed E-state index contributed by atoms with van der Waals surface area (Å²) in [5.41, 5.74) is -0.784. The van der Waals surface area contributed by atoms with Crippen molar-refractivity contribution in [2.75, 3.05) is 7.11 Å². The van der Waals surface area contributed by atoms with Gasteiger partial charge in [0.2, 0.25) is 0 Å². The van der Waals surface area contributed by atoms with Crippen molar-refractivity contribution in [1.29, 1.82) is 5.26 Å². The van der Waals surface area contributed by atoms with Crippen LogP contribution in [-0.2, 0) is 0 Å². The molecule has 0 aliphatic rings. The van der Waals surface area contributed by atoms with Crippen molar-refractivity contribution < 1.29 is 23.7 Å². The molecule has 2 unspecified atom stereocenters. The molecule has 86 valence electrons. The second-order valence-electron chi connectivity index (χ2n) is 3.00. The highest BCUT2D eigenvalue weighted by Crippen LogP contribution is 2.29. The number of methoxy groups -OCH3 is 1. The van der Waals surface area contributed by atoms with Crippen molar-refractivity contribution in [3.63, 3.8) is 0 Å². The van der Waals surface area contributed by atoms with E-state index in [9.17, 15) is 13.9 Å². The number of halogens is 2. The van der Waals surface area contributed by atoms with Crippen LogP contribution in [0.15, 0.2) is 12.1 Å². The fourth-order valence-corrected chi connectivity index (χ4v) is 1.21. The van der Waals surface area contributed by atoms with Crippen molar-refractivity contribution in [3.05, 3.63) is 29.3 Å². The number of nitrogens with zero attached hydrogens (tertiary/aromatic N) is 1. The second-order valence-corrected chi connectivity index (χ2v) is 3.00. The standard InChI is InChI=1S/C10H9F2NO3/c1-16-7-3-2-5(11)8(9(7)12)10(15)6(14)4-13/h2-3,6,10,14-15H,1H3. The summed E-state index contributed by atoms with van der Waals surface area (Å²) >= 11 is 0. The Labute approximate surface area is 90.3 Å². The summed E-state index contributed by atoms with van der Waals surface area (Å²) in [6.45, 7) is 0. The van der Waals surface area contributed by atoms with Crippen LogP contribution in [0.25, 0.3) is 0 Å². The monoisotopic (exact) mass is 229 g/mol. The smallest absolute Gasteiger partial charge is 0.173 e. The van der Waals surface area contributed by atoms with Crippen LogP contribution in [0, 0.1) is 23.0 Å². The zero-order valence-corrected chi connectivity index (χ0v) is 8.32. The summed E-state index contributed by atoms with van der Waals surface area (Å²) in [6.07, 6.45) is -3.86. The van der Waals surface area contributed by atoms with Gasteiger partial charge in [-0.2, -0.15) is 5.26 Å². The maximum atomic E-state index is 13.5. The van der Waals surface area contributed by atoms with Gasteiger partial charge in [0.05, 0.1) is 18.7 Å². The van der Waals surface area contributed by atoms with E-state index in [0.717, 1.165) is 12.1 Å². The van der Waals surface area contributed by atoms with Gasteiger partial charge in [0, 0.05) is 0 Å². The lowest BCUT2D eigenvalue weighted by Crippen LogP contribution is -2.19. The zero-order chi connectivity index (χ0) is 12.3. The molecule has 0 aliphatic carbocycles. The number of nitriles is 1. The summed E-state index contributed by atoms with van der Waals surface area (Å²) in [5, 5.41) is 26.7. The van der Waals surface area contributed by atoms with Crippen LogP contribution >= 0.6 is 0 Å². The fourth-order valence-electron chi connectivity index (χ4n) is 1.21. The molecule has 2 atom stereocenters.